The Morgan fingerprint density at radius 2 is 0.930 bits per heavy atom. The van der Waals surface area contributed by atoms with Gasteiger partial charge in [0.2, 0.25) is 0 Å². The molecule has 0 radical (unpaired) electrons. The number of fused-ring (bicyclic) bond motifs is 12. The molecule has 0 atom stereocenters. The molecule has 0 unspecified atom stereocenters. The molecule has 0 saturated heterocycles. The Morgan fingerprint density at radius 3 is 1.72 bits per heavy atom. The summed E-state index contributed by atoms with van der Waals surface area (Å²) in [5, 5.41) is 2.14. The van der Waals surface area contributed by atoms with Gasteiger partial charge in [0.1, 0.15) is 22.7 Å². The summed E-state index contributed by atoms with van der Waals surface area (Å²) in [6.07, 6.45) is 0. The first-order valence-corrected chi connectivity index (χ1v) is 19.3. The van der Waals surface area contributed by atoms with E-state index in [0.29, 0.717) is 5.82 Å². The second-order valence-electron chi connectivity index (χ2n) is 14.8. The fourth-order valence-corrected chi connectivity index (χ4v) is 9.46. The number of nitrogens with zero attached hydrogens (tertiary/aromatic N) is 2. The summed E-state index contributed by atoms with van der Waals surface area (Å²) in [6, 6.07) is 68.1. The van der Waals surface area contributed by atoms with E-state index in [-0.39, 0.29) is 0 Å². The third-order valence-corrected chi connectivity index (χ3v) is 11.8. The first-order chi connectivity index (χ1) is 28.3. The molecule has 4 nitrogen and oxygen atoms in total. The van der Waals surface area contributed by atoms with Gasteiger partial charge < -0.3 is 9.15 Å². The number of benzene rings is 8. The van der Waals surface area contributed by atoms with Crippen LogP contribution in [0.25, 0.3) is 78.1 Å². The lowest BCUT2D eigenvalue weighted by atomic mass is 9.66. The van der Waals surface area contributed by atoms with Gasteiger partial charge in [-0.05, 0) is 63.7 Å². The highest BCUT2D eigenvalue weighted by Gasteiger charge is 2.51. The SMILES string of the molecule is c1ccc(-c2ccccc2-c2cc(-c3cccc4c3oc3ccccc34)nc(-c3cccc4c3-c3ccccc3C43c4ccccc4Oc4ccccc43)n2)cc1. The van der Waals surface area contributed by atoms with E-state index in [2.05, 4.69) is 182 Å². The molecular weight excluding hydrogens is 697 g/mol. The van der Waals surface area contributed by atoms with Crippen molar-refractivity contribution in [1.29, 1.82) is 0 Å². The topological polar surface area (TPSA) is 48.2 Å². The Hall–Kier alpha value is -7.56. The molecule has 4 heteroatoms. The number of hydrogen-bond donors (Lipinski definition) is 0. The van der Waals surface area contributed by atoms with E-state index < -0.39 is 5.41 Å². The van der Waals surface area contributed by atoms with Gasteiger partial charge in [0.05, 0.1) is 16.8 Å². The standard InChI is InChI=1S/C53H32N2O2/c1-2-16-33(17-3-1)34-18-4-5-19-35(34)45-32-46(39-23-14-22-37-36-20-7-11-29-47(36)57-51(37)39)55-52(54-45)40-24-15-28-44-50(40)38-21-6-8-25-41(38)53(44)42-26-9-12-30-48(42)56-49-31-13-10-27-43(49)53/h1-32H. The molecule has 1 aliphatic carbocycles. The van der Waals surface area contributed by atoms with Crippen LogP contribution in [0.3, 0.4) is 0 Å². The second-order valence-corrected chi connectivity index (χ2v) is 14.8. The second kappa shape index (κ2) is 12.2. The Balaban J connectivity index is 1.17. The molecule has 1 aliphatic heterocycles. The summed E-state index contributed by atoms with van der Waals surface area (Å²) >= 11 is 0. The molecule has 57 heavy (non-hydrogen) atoms. The molecule has 8 aromatic carbocycles. The van der Waals surface area contributed by atoms with Crippen molar-refractivity contribution in [2.45, 2.75) is 5.41 Å². The molecule has 0 bridgehead atoms. The van der Waals surface area contributed by atoms with Crippen LogP contribution in [0.2, 0.25) is 0 Å². The van der Waals surface area contributed by atoms with Crippen molar-refractivity contribution in [2.75, 3.05) is 0 Å². The van der Waals surface area contributed by atoms with Crippen molar-refractivity contribution in [3.63, 3.8) is 0 Å². The van der Waals surface area contributed by atoms with E-state index in [9.17, 15) is 0 Å². The van der Waals surface area contributed by atoms with E-state index in [1.807, 2.05) is 12.1 Å². The van der Waals surface area contributed by atoms with Crippen LogP contribution in [0.4, 0.5) is 0 Å². The highest BCUT2D eigenvalue weighted by Crippen LogP contribution is 2.63. The average molecular weight is 729 g/mol. The van der Waals surface area contributed by atoms with Crippen LogP contribution in [0.15, 0.2) is 199 Å². The smallest absolute Gasteiger partial charge is 0.161 e. The van der Waals surface area contributed by atoms with Crippen molar-refractivity contribution >= 4 is 21.9 Å². The van der Waals surface area contributed by atoms with Crippen LogP contribution in [0.5, 0.6) is 11.5 Å². The van der Waals surface area contributed by atoms with Crippen LogP contribution in [-0.2, 0) is 5.41 Å². The molecule has 2 aromatic heterocycles. The molecule has 266 valence electrons. The van der Waals surface area contributed by atoms with Crippen molar-refractivity contribution in [3.05, 3.63) is 216 Å². The van der Waals surface area contributed by atoms with Gasteiger partial charge >= 0.3 is 0 Å². The van der Waals surface area contributed by atoms with Crippen molar-refractivity contribution in [3.8, 4) is 67.7 Å². The van der Waals surface area contributed by atoms with E-state index in [0.717, 1.165) is 94.9 Å². The van der Waals surface area contributed by atoms with Crippen LogP contribution in [0, 0.1) is 0 Å². The summed E-state index contributed by atoms with van der Waals surface area (Å²) in [5.74, 6) is 2.37. The predicted octanol–water partition coefficient (Wildman–Crippen LogP) is 13.5. The molecule has 1 spiro atoms. The lowest BCUT2D eigenvalue weighted by Crippen LogP contribution is -2.32. The maximum Gasteiger partial charge on any atom is 0.161 e. The number of para-hydroxylation sites is 4. The lowest BCUT2D eigenvalue weighted by Gasteiger charge is -2.39. The molecule has 0 N–H and O–H groups in total. The normalized spacial score (nSPS) is 13.2. The maximum absolute atomic E-state index is 6.61. The van der Waals surface area contributed by atoms with Gasteiger partial charge in [-0.3, -0.25) is 0 Å². The molecule has 0 amide bonds. The van der Waals surface area contributed by atoms with Crippen molar-refractivity contribution in [2.24, 2.45) is 0 Å². The van der Waals surface area contributed by atoms with E-state index >= 15 is 0 Å². The summed E-state index contributed by atoms with van der Waals surface area (Å²) < 4.78 is 13.2. The van der Waals surface area contributed by atoms with Gasteiger partial charge in [0.15, 0.2) is 5.82 Å². The molecule has 3 heterocycles. The largest absolute Gasteiger partial charge is 0.457 e. The summed E-state index contributed by atoms with van der Waals surface area (Å²) in [7, 11) is 0. The fraction of sp³-hybridized carbons (Fsp3) is 0.0189. The van der Waals surface area contributed by atoms with Crippen LogP contribution in [0.1, 0.15) is 22.3 Å². The molecular formula is C53H32N2O2. The van der Waals surface area contributed by atoms with E-state index in [4.69, 9.17) is 19.1 Å². The van der Waals surface area contributed by atoms with Gasteiger partial charge in [-0.25, -0.2) is 9.97 Å². The Kier molecular flexibility index (Phi) is 6.81. The zero-order chi connectivity index (χ0) is 37.5. The fourth-order valence-electron chi connectivity index (χ4n) is 9.46. The minimum atomic E-state index is -0.604. The van der Waals surface area contributed by atoms with Gasteiger partial charge in [-0.1, -0.05) is 164 Å². The third kappa shape index (κ3) is 4.56. The zero-order valence-electron chi connectivity index (χ0n) is 30.7. The average Bonchev–Trinajstić information content (AvgIpc) is 3.81. The first-order valence-electron chi connectivity index (χ1n) is 19.3. The van der Waals surface area contributed by atoms with Crippen molar-refractivity contribution < 1.29 is 9.15 Å². The Morgan fingerprint density at radius 1 is 0.386 bits per heavy atom. The zero-order valence-corrected chi connectivity index (χ0v) is 30.7. The van der Waals surface area contributed by atoms with Crippen LogP contribution in [-0.4, -0.2) is 9.97 Å². The first kappa shape index (κ1) is 31.8. The number of furan rings is 1. The highest BCUT2D eigenvalue weighted by atomic mass is 16.5. The number of hydrogen-bond acceptors (Lipinski definition) is 4. The summed E-state index contributed by atoms with van der Waals surface area (Å²) in [4.78, 5) is 11.0. The molecule has 0 fully saturated rings. The van der Waals surface area contributed by atoms with Crippen LogP contribution >= 0.6 is 0 Å². The Bertz CT molecular complexity index is 3190. The quantitative estimate of drug-likeness (QED) is 0.181. The van der Waals surface area contributed by atoms with Gasteiger partial charge in [-0.15, -0.1) is 0 Å². The summed E-state index contributed by atoms with van der Waals surface area (Å²) in [6.45, 7) is 0. The molecule has 12 rings (SSSR count). The summed E-state index contributed by atoms with van der Waals surface area (Å²) in [5.41, 5.74) is 14.8. The third-order valence-electron chi connectivity index (χ3n) is 11.8. The lowest BCUT2D eigenvalue weighted by molar-refractivity contribution is 0.436. The molecule has 2 aliphatic rings. The van der Waals surface area contributed by atoms with Gasteiger partial charge in [0, 0.05) is 38.6 Å². The van der Waals surface area contributed by atoms with Gasteiger partial charge in [0.25, 0.3) is 0 Å². The van der Waals surface area contributed by atoms with Crippen molar-refractivity contribution in [1.82, 2.24) is 9.97 Å². The Labute approximate surface area is 329 Å². The maximum atomic E-state index is 6.61. The highest BCUT2D eigenvalue weighted by molar-refractivity contribution is 6.09. The van der Waals surface area contributed by atoms with E-state index in [1.165, 1.54) is 11.1 Å². The number of aromatic nitrogens is 2. The minimum absolute atomic E-state index is 0.604. The minimum Gasteiger partial charge on any atom is -0.457 e. The predicted molar refractivity (Wildman–Crippen MR) is 228 cm³/mol. The number of rotatable bonds is 4. The van der Waals surface area contributed by atoms with Crippen LogP contribution < -0.4 is 4.74 Å². The van der Waals surface area contributed by atoms with Gasteiger partial charge in [-0.2, -0.15) is 0 Å². The van der Waals surface area contributed by atoms with E-state index in [1.54, 1.807) is 0 Å². The monoisotopic (exact) mass is 728 g/mol. The number of ether oxygens (including phenoxy) is 1. The molecule has 10 aromatic rings. The molecule has 0 saturated carbocycles.